The van der Waals surface area contributed by atoms with Gasteiger partial charge in [-0.1, -0.05) is 42.0 Å². The first-order valence-corrected chi connectivity index (χ1v) is 9.35. The molecule has 0 aliphatic heterocycles. The topological polar surface area (TPSA) is 63.5 Å². The summed E-state index contributed by atoms with van der Waals surface area (Å²) in [5.41, 5.74) is 4.69. The highest BCUT2D eigenvalue weighted by atomic mass is 32.1. The van der Waals surface area contributed by atoms with E-state index < -0.39 is 0 Å². The molecule has 0 atom stereocenters. The lowest BCUT2D eigenvalue weighted by Crippen LogP contribution is -2.14. The lowest BCUT2D eigenvalue weighted by Gasteiger charge is -2.05. The average Bonchev–Trinajstić information content (AvgIpc) is 3.23. The minimum absolute atomic E-state index is 0.0404. The second-order valence-corrected chi connectivity index (χ2v) is 7.19. The Kier molecular flexibility index (Phi) is 4.33. The summed E-state index contributed by atoms with van der Waals surface area (Å²) in [5, 5.41) is 4.64. The number of hydrogen-bond donors (Lipinski definition) is 1. The highest BCUT2D eigenvalue weighted by molar-refractivity contribution is 7.15. The van der Waals surface area contributed by atoms with Crippen molar-refractivity contribution >= 4 is 33.7 Å². The van der Waals surface area contributed by atoms with Crippen LogP contribution in [-0.2, 0) is 0 Å². The molecule has 0 unspecified atom stereocenters. The molecule has 2 aromatic heterocycles. The van der Waals surface area contributed by atoms with Crippen molar-refractivity contribution in [2.45, 2.75) is 13.8 Å². The molecule has 5 nitrogen and oxygen atoms in total. The molecule has 1 amide bonds. The molecule has 0 saturated carbocycles. The Morgan fingerprint density at radius 2 is 1.89 bits per heavy atom. The molecule has 6 heteroatoms. The number of ketones is 1. The fraction of sp³-hybridized carbons (Fsp3) is 0.0952. The standard InChI is InChI=1S/C21H17N3O2S/c1-13-6-8-15(9-7-13)18-11-24-19(12-27-21(24)23-18)20(26)22-17-5-3-4-16(10-17)14(2)25/h3-12H,1-2H3,(H,22,26). The van der Waals surface area contributed by atoms with Gasteiger partial charge in [0, 0.05) is 28.4 Å². The van der Waals surface area contributed by atoms with Crippen LogP contribution in [0.25, 0.3) is 16.2 Å². The molecule has 2 heterocycles. The van der Waals surface area contributed by atoms with Crippen LogP contribution in [0, 0.1) is 6.92 Å². The van der Waals surface area contributed by atoms with Crippen LogP contribution in [0.4, 0.5) is 5.69 Å². The molecule has 4 aromatic rings. The zero-order chi connectivity index (χ0) is 19.0. The molecular formula is C21H17N3O2S. The van der Waals surface area contributed by atoms with Crippen LogP contribution in [0.3, 0.4) is 0 Å². The van der Waals surface area contributed by atoms with Gasteiger partial charge in [0.25, 0.3) is 5.91 Å². The van der Waals surface area contributed by atoms with E-state index in [4.69, 9.17) is 0 Å². The van der Waals surface area contributed by atoms with Gasteiger partial charge in [0.15, 0.2) is 10.7 Å². The minimum atomic E-state index is -0.241. The number of thiazole rings is 1. The Balaban J connectivity index is 1.63. The van der Waals surface area contributed by atoms with Gasteiger partial charge in [0.05, 0.1) is 5.69 Å². The first-order valence-electron chi connectivity index (χ1n) is 8.47. The number of carbonyl (C=O) groups excluding carboxylic acids is 2. The summed E-state index contributed by atoms with van der Waals surface area (Å²) < 4.78 is 1.80. The van der Waals surface area contributed by atoms with Crippen molar-refractivity contribution < 1.29 is 9.59 Å². The molecule has 27 heavy (non-hydrogen) atoms. The maximum absolute atomic E-state index is 12.7. The molecule has 1 N–H and O–H groups in total. The normalized spacial score (nSPS) is 10.9. The van der Waals surface area contributed by atoms with E-state index >= 15 is 0 Å². The maximum atomic E-state index is 12.7. The van der Waals surface area contributed by atoms with Gasteiger partial charge >= 0.3 is 0 Å². The quantitative estimate of drug-likeness (QED) is 0.520. The average molecular weight is 375 g/mol. The second-order valence-electron chi connectivity index (χ2n) is 6.36. The van der Waals surface area contributed by atoms with Gasteiger partial charge in [0.1, 0.15) is 5.69 Å². The number of Topliss-reactive ketones (excluding diaryl/α,β-unsaturated/α-hetero) is 1. The van der Waals surface area contributed by atoms with Gasteiger partial charge in [-0.15, -0.1) is 11.3 Å². The van der Waals surface area contributed by atoms with Gasteiger partial charge < -0.3 is 5.32 Å². The third kappa shape index (κ3) is 3.39. The third-order valence-corrected chi connectivity index (χ3v) is 5.16. The maximum Gasteiger partial charge on any atom is 0.273 e. The SMILES string of the molecule is CC(=O)c1cccc(NC(=O)c2csc3nc(-c4ccc(C)cc4)cn23)c1. The van der Waals surface area contributed by atoms with E-state index in [0.717, 1.165) is 16.2 Å². The summed E-state index contributed by atoms with van der Waals surface area (Å²) in [5.74, 6) is -0.281. The van der Waals surface area contributed by atoms with Crippen LogP contribution in [0.1, 0.15) is 33.3 Å². The molecular weight excluding hydrogens is 358 g/mol. The lowest BCUT2D eigenvalue weighted by atomic mass is 10.1. The van der Waals surface area contributed by atoms with Crippen molar-refractivity contribution in [2.24, 2.45) is 0 Å². The molecule has 4 rings (SSSR count). The van der Waals surface area contributed by atoms with Crippen molar-refractivity contribution in [2.75, 3.05) is 5.32 Å². The van der Waals surface area contributed by atoms with Crippen molar-refractivity contribution in [3.8, 4) is 11.3 Å². The number of nitrogens with zero attached hydrogens (tertiary/aromatic N) is 2. The van der Waals surface area contributed by atoms with Crippen molar-refractivity contribution in [3.05, 3.63) is 76.9 Å². The number of fused-ring (bicyclic) bond motifs is 1. The van der Waals surface area contributed by atoms with E-state index in [0.29, 0.717) is 16.9 Å². The molecule has 2 aromatic carbocycles. The molecule has 0 radical (unpaired) electrons. The number of imidazole rings is 1. The van der Waals surface area contributed by atoms with Gasteiger partial charge in [0.2, 0.25) is 0 Å². The van der Waals surface area contributed by atoms with Crippen molar-refractivity contribution in [1.29, 1.82) is 0 Å². The smallest absolute Gasteiger partial charge is 0.273 e. The Morgan fingerprint density at radius 3 is 2.63 bits per heavy atom. The minimum Gasteiger partial charge on any atom is -0.321 e. The molecule has 134 valence electrons. The summed E-state index contributed by atoms with van der Waals surface area (Å²) in [4.78, 5) is 29.6. The van der Waals surface area contributed by atoms with Crippen molar-refractivity contribution in [1.82, 2.24) is 9.38 Å². The van der Waals surface area contributed by atoms with E-state index in [1.165, 1.54) is 23.8 Å². The molecule has 0 aliphatic carbocycles. The third-order valence-electron chi connectivity index (χ3n) is 4.32. The number of benzene rings is 2. The van der Waals surface area contributed by atoms with Crippen molar-refractivity contribution in [3.63, 3.8) is 0 Å². The van der Waals surface area contributed by atoms with Crippen LogP contribution >= 0.6 is 11.3 Å². The fourth-order valence-electron chi connectivity index (χ4n) is 2.82. The van der Waals surface area contributed by atoms with Crippen LogP contribution in [0.15, 0.2) is 60.1 Å². The largest absolute Gasteiger partial charge is 0.321 e. The van der Waals surface area contributed by atoms with Gasteiger partial charge in [-0.3, -0.25) is 14.0 Å². The number of hydrogen-bond acceptors (Lipinski definition) is 4. The summed E-state index contributed by atoms with van der Waals surface area (Å²) in [6, 6.07) is 15.0. The summed E-state index contributed by atoms with van der Waals surface area (Å²) in [7, 11) is 0. The van der Waals surface area contributed by atoms with Crippen LogP contribution < -0.4 is 5.32 Å². The van der Waals surface area contributed by atoms with Crippen LogP contribution in [0.5, 0.6) is 0 Å². The second kappa shape index (κ2) is 6.81. The number of anilines is 1. The number of amides is 1. The highest BCUT2D eigenvalue weighted by Gasteiger charge is 2.16. The van der Waals surface area contributed by atoms with Crippen LogP contribution in [-0.4, -0.2) is 21.1 Å². The monoisotopic (exact) mass is 375 g/mol. The summed E-state index contributed by atoms with van der Waals surface area (Å²) in [6.45, 7) is 3.54. The van der Waals surface area contributed by atoms with E-state index in [1.807, 2.05) is 37.4 Å². The molecule has 0 bridgehead atoms. The van der Waals surface area contributed by atoms with Gasteiger partial charge in [-0.25, -0.2) is 4.98 Å². The molecule has 0 spiro atoms. The first-order chi connectivity index (χ1) is 13.0. The summed E-state index contributed by atoms with van der Waals surface area (Å²) >= 11 is 1.42. The predicted octanol–water partition coefficient (Wildman–Crippen LogP) is 4.83. The lowest BCUT2D eigenvalue weighted by molar-refractivity contribution is 0.100. The van der Waals surface area contributed by atoms with E-state index in [1.54, 1.807) is 34.0 Å². The first kappa shape index (κ1) is 17.2. The number of nitrogens with one attached hydrogen (secondary N) is 1. The Bertz CT molecular complexity index is 1160. The van der Waals surface area contributed by atoms with Gasteiger partial charge in [-0.2, -0.15) is 0 Å². The van der Waals surface area contributed by atoms with E-state index in [-0.39, 0.29) is 11.7 Å². The Hall–Kier alpha value is -3.25. The molecule has 0 fully saturated rings. The molecule has 0 aliphatic rings. The highest BCUT2D eigenvalue weighted by Crippen LogP contribution is 2.24. The fourth-order valence-corrected chi connectivity index (χ4v) is 3.68. The van der Waals surface area contributed by atoms with Gasteiger partial charge in [-0.05, 0) is 26.0 Å². The Labute approximate surface area is 160 Å². The number of aromatic nitrogens is 2. The summed E-state index contributed by atoms with van der Waals surface area (Å²) in [6.07, 6.45) is 1.87. The van der Waals surface area contributed by atoms with Crippen LogP contribution in [0.2, 0.25) is 0 Å². The number of carbonyl (C=O) groups is 2. The number of rotatable bonds is 4. The zero-order valence-corrected chi connectivity index (χ0v) is 15.7. The zero-order valence-electron chi connectivity index (χ0n) is 14.9. The van der Waals surface area contributed by atoms with E-state index in [9.17, 15) is 9.59 Å². The van der Waals surface area contributed by atoms with E-state index in [2.05, 4.69) is 10.3 Å². The predicted molar refractivity (Wildman–Crippen MR) is 108 cm³/mol. The Morgan fingerprint density at radius 1 is 1.11 bits per heavy atom. The number of aryl methyl sites for hydroxylation is 1. The molecule has 0 saturated heterocycles.